The first-order valence-corrected chi connectivity index (χ1v) is 9.02. The Morgan fingerprint density at radius 3 is 2.66 bits per heavy atom. The quantitative estimate of drug-likeness (QED) is 0.507. The topological polar surface area (TPSA) is 107 Å². The fourth-order valence-electron chi connectivity index (χ4n) is 2.78. The molecule has 3 aromatic rings. The molecule has 0 atom stereocenters. The van der Waals surface area contributed by atoms with E-state index in [1.165, 1.54) is 18.2 Å². The molecule has 0 aliphatic carbocycles. The lowest BCUT2D eigenvalue weighted by atomic mass is 10.0. The van der Waals surface area contributed by atoms with E-state index in [0.29, 0.717) is 5.69 Å². The molecule has 29 heavy (non-hydrogen) atoms. The Kier molecular flexibility index (Phi) is 5.74. The number of halogens is 1. The molecule has 0 radical (unpaired) electrons. The van der Waals surface area contributed by atoms with Crippen LogP contribution in [0.2, 0.25) is 5.02 Å². The molecule has 1 aromatic heterocycles. The predicted octanol–water partition coefficient (Wildman–Crippen LogP) is 3.73. The van der Waals surface area contributed by atoms with E-state index in [2.05, 4.69) is 10.4 Å². The highest BCUT2D eigenvalue weighted by Gasteiger charge is 2.15. The van der Waals surface area contributed by atoms with Gasteiger partial charge in [0, 0.05) is 23.4 Å². The molecule has 148 valence electrons. The van der Waals surface area contributed by atoms with Crippen molar-refractivity contribution >= 4 is 28.9 Å². The molecule has 9 heteroatoms. The lowest BCUT2D eigenvalue weighted by Crippen LogP contribution is -2.29. The van der Waals surface area contributed by atoms with Gasteiger partial charge in [-0.15, -0.1) is 0 Å². The van der Waals surface area contributed by atoms with E-state index in [-0.39, 0.29) is 22.9 Å². The van der Waals surface area contributed by atoms with Crippen molar-refractivity contribution in [3.05, 3.63) is 85.1 Å². The first kappa shape index (κ1) is 20.2. The second kappa shape index (κ2) is 8.24. The van der Waals surface area contributed by atoms with Gasteiger partial charge < -0.3 is 5.32 Å². The predicted molar refractivity (Wildman–Crippen MR) is 110 cm³/mol. The summed E-state index contributed by atoms with van der Waals surface area (Å²) in [6.45, 7) is 3.55. The highest BCUT2D eigenvalue weighted by Crippen LogP contribution is 2.27. The number of hydrogen-bond acceptors (Lipinski definition) is 5. The number of carbonyl (C=O) groups excluding carboxylic acids is 1. The molecule has 2 aromatic carbocycles. The van der Waals surface area contributed by atoms with Crippen LogP contribution in [-0.2, 0) is 11.3 Å². The molecule has 0 fully saturated rings. The van der Waals surface area contributed by atoms with E-state index in [1.807, 2.05) is 32.0 Å². The number of aromatic nitrogens is 2. The van der Waals surface area contributed by atoms with Gasteiger partial charge in [-0.05, 0) is 43.7 Å². The summed E-state index contributed by atoms with van der Waals surface area (Å²) in [6, 6.07) is 12.8. The third-order valence-electron chi connectivity index (χ3n) is 4.26. The van der Waals surface area contributed by atoms with Crippen molar-refractivity contribution in [3.63, 3.8) is 0 Å². The highest BCUT2D eigenvalue weighted by atomic mass is 35.5. The monoisotopic (exact) mass is 412 g/mol. The Labute approximate surface area is 170 Å². The van der Waals surface area contributed by atoms with Crippen LogP contribution in [0.15, 0.2) is 53.3 Å². The number of nitrogens with zero attached hydrogens (tertiary/aromatic N) is 3. The minimum Gasteiger partial charge on any atom is -0.324 e. The fraction of sp³-hybridized carbons (Fsp3) is 0.150. The summed E-state index contributed by atoms with van der Waals surface area (Å²) in [6.07, 6.45) is 0. The Morgan fingerprint density at radius 1 is 1.17 bits per heavy atom. The third-order valence-corrected chi connectivity index (χ3v) is 4.58. The standard InChI is InChI=1S/C20H17ClN4O4/c1-12-3-4-13(2)15(9-12)17-7-8-20(27)24(23-17)11-19(26)22-14-5-6-16(21)18(10-14)25(28)29/h3-10H,11H2,1-2H3,(H,22,26). The number of nitrogens with one attached hydrogen (secondary N) is 1. The number of amides is 1. The van der Waals surface area contributed by atoms with Gasteiger partial charge in [-0.25, -0.2) is 4.68 Å². The molecule has 3 rings (SSSR count). The lowest BCUT2D eigenvalue weighted by Gasteiger charge is -2.10. The molecular weight excluding hydrogens is 396 g/mol. The smallest absolute Gasteiger partial charge is 0.289 e. The summed E-state index contributed by atoms with van der Waals surface area (Å²) in [5.74, 6) is -0.547. The second-order valence-electron chi connectivity index (χ2n) is 6.50. The average Bonchev–Trinajstić information content (AvgIpc) is 2.67. The lowest BCUT2D eigenvalue weighted by molar-refractivity contribution is -0.384. The van der Waals surface area contributed by atoms with E-state index >= 15 is 0 Å². The molecule has 0 saturated carbocycles. The number of benzene rings is 2. The first-order valence-electron chi connectivity index (χ1n) is 8.64. The van der Waals surface area contributed by atoms with E-state index in [9.17, 15) is 19.7 Å². The van der Waals surface area contributed by atoms with Gasteiger partial charge in [0.15, 0.2) is 0 Å². The van der Waals surface area contributed by atoms with Gasteiger partial charge in [0.1, 0.15) is 11.6 Å². The van der Waals surface area contributed by atoms with Crippen LogP contribution in [0.5, 0.6) is 0 Å². The van der Waals surface area contributed by atoms with Gasteiger partial charge in [0.05, 0.1) is 10.6 Å². The highest BCUT2D eigenvalue weighted by molar-refractivity contribution is 6.32. The Morgan fingerprint density at radius 2 is 1.93 bits per heavy atom. The van der Waals surface area contributed by atoms with Crippen molar-refractivity contribution in [3.8, 4) is 11.3 Å². The van der Waals surface area contributed by atoms with Crippen LogP contribution in [0.4, 0.5) is 11.4 Å². The van der Waals surface area contributed by atoms with Crippen LogP contribution in [0.3, 0.4) is 0 Å². The normalized spacial score (nSPS) is 10.6. The number of anilines is 1. The Balaban J connectivity index is 1.84. The number of carbonyl (C=O) groups is 1. The number of aryl methyl sites for hydroxylation is 2. The summed E-state index contributed by atoms with van der Waals surface area (Å²) < 4.78 is 1.05. The zero-order chi connectivity index (χ0) is 21.1. The van der Waals surface area contributed by atoms with E-state index in [1.54, 1.807) is 6.07 Å². The van der Waals surface area contributed by atoms with Gasteiger partial charge in [0.2, 0.25) is 5.91 Å². The zero-order valence-electron chi connectivity index (χ0n) is 15.7. The molecule has 1 heterocycles. The molecule has 1 amide bonds. The second-order valence-corrected chi connectivity index (χ2v) is 6.91. The molecule has 0 spiro atoms. The van der Waals surface area contributed by atoms with E-state index in [4.69, 9.17) is 11.6 Å². The minimum atomic E-state index is -0.641. The first-order chi connectivity index (χ1) is 13.7. The maximum atomic E-state index is 12.4. The maximum Gasteiger partial charge on any atom is 0.289 e. The van der Waals surface area contributed by atoms with Crippen molar-refractivity contribution < 1.29 is 9.72 Å². The number of rotatable bonds is 5. The summed E-state index contributed by atoms with van der Waals surface area (Å²) >= 11 is 5.77. The van der Waals surface area contributed by atoms with E-state index in [0.717, 1.165) is 27.4 Å². The van der Waals surface area contributed by atoms with Gasteiger partial charge in [-0.1, -0.05) is 29.3 Å². The van der Waals surface area contributed by atoms with Crippen molar-refractivity contribution in [1.29, 1.82) is 0 Å². The largest absolute Gasteiger partial charge is 0.324 e. The van der Waals surface area contributed by atoms with Crippen molar-refractivity contribution in [2.45, 2.75) is 20.4 Å². The third kappa shape index (κ3) is 4.67. The van der Waals surface area contributed by atoms with E-state index < -0.39 is 16.4 Å². The number of nitro benzene ring substituents is 1. The molecule has 1 N–H and O–H groups in total. The zero-order valence-corrected chi connectivity index (χ0v) is 16.4. The van der Waals surface area contributed by atoms with Gasteiger partial charge in [0.25, 0.3) is 11.2 Å². The summed E-state index contributed by atoms with van der Waals surface area (Å²) in [5, 5.41) is 17.8. The van der Waals surface area contributed by atoms with Gasteiger partial charge in [-0.2, -0.15) is 5.10 Å². The van der Waals surface area contributed by atoms with Crippen molar-refractivity contribution in [2.24, 2.45) is 0 Å². The minimum absolute atomic E-state index is 0.0351. The van der Waals surface area contributed by atoms with Gasteiger partial charge >= 0.3 is 0 Å². The van der Waals surface area contributed by atoms with Crippen molar-refractivity contribution in [1.82, 2.24) is 9.78 Å². The molecular formula is C20H17ClN4O4. The van der Waals surface area contributed by atoms with Gasteiger partial charge in [-0.3, -0.25) is 19.7 Å². The van der Waals surface area contributed by atoms with Crippen LogP contribution < -0.4 is 10.9 Å². The average molecular weight is 413 g/mol. The molecule has 0 unspecified atom stereocenters. The molecule has 8 nitrogen and oxygen atoms in total. The van der Waals surface area contributed by atoms with Crippen LogP contribution in [0.1, 0.15) is 11.1 Å². The van der Waals surface area contributed by atoms with Crippen LogP contribution in [-0.4, -0.2) is 20.6 Å². The van der Waals surface area contributed by atoms with Crippen LogP contribution in [0.25, 0.3) is 11.3 Å². The Hall–Kier alpha value is -3.52. The van der Waals surface area contributed by atoms with Crippen LogP contribution in [0, 0.1) is 24.0 Å². The SMILES string of the molecule is Cc1ccc(C)c(-c2ccc(=O)n(CC(=O)Nc3ccc(Cl)c([N+](=O)[O-])c3)n2)c1. The fourth-order valence-corrected chi connectivity index (χ4v) is 2.97. The van der Waals surface area contributed by atoms with Crippen LogP contribution >= 0.6 is 11.6 Å². The van der Waals surface area contributed by atoms with Crippen molar-refractivity contribution in [2.75, 3.05) is 5.32 Å². The summed E-state index contributed by atoms with van der Waals surface area (Å²) in [5.41, 5.74) is 2.92. The number of nitro groups is 1. The molecule has 0 aliphatic heterocycles. The summed E-state index contributed by atoms with van der Waals surface area (Å²) in [7, 11) is 0. The number of hydrogen-bond donors (Lipinski definition) is 1. The molecule has 0 aliphatic rings. The molecule has 0 bridgehead atoms. The maximum absolute atomic E-state index is 12.4. The summed E-state index contributed by atoms with van der Waals surface area (Å²) in [4.78, 5) is 34.8. The Bertz CT molecular complexity index is 1170. The molecule has 0 saturated heterocycles.